The van der Waals surface area contributed by atoms with Gasteiger partial charge in [-0.1, -0.05) is 47.5 Å². The first-order valence-electron chi connectivity index (χ1n) is 14.9. The lowest BCUT2D eigenvalue weighted by Gasteiger charge is -2.11. The Labute approximate surface area is 283 Å². The predicted molar refractivity (Wildman–Crippen MR) is 185 cm³/mol. The molecule has 0 aliphatic rings. The van der Waals surface area contributed by atoms with Crippen LogP contribution in [-0.2, 0) is 26.6 Å². The third kappa shape index (κ3) is 8.70. The van der Waals surface area contributed by atoms with Crippen LogP contribution in [0.5, 0.6) is 5.75 Å². The SMILES string of the molecule is COc1ccc2c(c1)nc(-c1ccn[nH]1)n2-c1ccc(CCNC(=O)NS(=O)(=O)c2ccc(C)cc2)cc1.Cc1ccc(S(=O)(=O)O)cc1. The van der Waals surface area contributed by atoms with E-state index < -0.39 is 26.2 Å². The van der Waals surface area contributed by atoms with Gasteiger partial charge in [0.1, 0.15) is 11.4 Å². The van der Waals surface area contributed by atoms with Crippen molar-refractivity contribution in [3.05, 3.63) is 120 Å². The molecule has 0 aliphatic heterocycles. The number of hydrogen-bond acceptors (Lipinski definition) is 8. The molecule has 49 heavy (non-hydrogen) atoms. The van der Waals surface area contributed by atoms with Crippen LogP contribution in [0.25, 0.3) is 28.2 Å². The standard InChI is InChI=1S/C27H26N6O4S.C7H8O3S/c1-18-3-10-22(11-4-18)38(35,36)32-27(34)28-15-13-19-5-7-20(8-6-19)33-25-12-9-21(37-2)17-24(25)30-26(33)23-14-16-29-31-23;1-6-2-4-7(5-3-6)11(8,9)10/h3-12,14,16-17H,13,15H2,1-2H3,(H,29,31)(H2,28,32,34);2-5H,1H3,(H,8,9,10). The van der Waals surface area contributed by atoms with Gasteiger partial charge in [0.05, 0.1) is 27.9 Å². The second-order valence-corrected chi connectivity index (χ2v) is 14.1. The van der Waals surface area contributed by atoms with Crippen LogP contribution in [0.2, 0.25) is 0 Å². The summed E-state index contributed by atoms with van der Waals surface area (Å²) in [5.74, 6) is 1.43. The lowest BCUT2D eigenvalue weighted by atomic mass is 10.1. The van der Waals surface area contributed by atoms with E-state index in [0.29, 0.717) is 12.2 Å². The molecule has 0 spiro atoms. The van der Waals surface area contributed by atoms with Crippen LogP contribution < -0.4 is 14.8 Å². The average molecular weight is 703 g/mol. The highest BCUT2D eigenvalue weighted by atomic mass is 32.2. The summed E-state index contributed by atoms with van der Waals surface area (Å²) in [6, 6.07) is 27.0. The number of imidazole rings is 1. The number of H-pyrrole nitrogens is 1. The zero-order chi connectivity index (χ0) is 35.2. The number of sulfonamides is 1. The smallest absolute Gasteiger partial charge is 0.328 e. The van der Waals surface area contributed by atoms with Crippen LogP contribution in [0.1, 0.15) is 16.7 Å². The summed E-state index contributed by atoms with van der Waals surface area (Å²) in [6.45, 7) is 3.96. The highest BCUT2D eigenvalue weighted by Crippen LogP contribution is 2.30. The van der Waals surface area contributed by atoms with Crippen molar-refractivity contribution in [1.29, 1.82) is 0 Å². The Balaban J connectivity index is 0.000000363. The van der Waals surface area contributed by atoms with E-state index in [1.165, 1.54) is 24.3 Å². The van der Waals surface area contributed by atoms with E-state index in [2.05, 4.69) is 15.5 Å². The fraction of sp³-hybridized carbons (Fsp3) is 0.147. The molecule has 2 aromatic heterocycles. The minimum Gasteiger partial charge on any atom is -0.497 e. The van der Waals surface area contributed by atoms with Crippen molar-refractivity contribution in [2.45, 2.75) is 30.1 Å². The minimum atomic E-state index is -4.02. The number of carbonyl (C=O) groups excluding carboxylic acids is 1. The Bertz CT molecular complexity index is 2270. The van der Waals surface area contributed by atoms with E-state index in [1.807, 2.05) is 71.7 Å². The molecule has 2 amide bonds. The van der Waals surface area contributed by atoms with Crippen molar-refractivity contribution >= 4 is 37.2 Å². The number of amides is 2. The summed E-state index contributed by atoms with van der Waals surface area (Å²) in [5.41, 5.74) is 6.24. The van der Waals surface area contributed by atoms with Gasteiger partial charge in [-0.2, -0.15) is 13.5 Å². The molecular weight excluding hydrogens is 669 g/mol. The molecule has 0 radical (unpaired) electrons. The van der Waals surface area contributed by atoms with Crippen LogP contribution in [0.3, 0.4) is 0 Å². The Morgan fingerprint density at radius 3 is 2.06 bits per heavy atom. The molecule has 0 bridgehead atoms. The fourth-order valence-corrected chi connectivity index (χ4v) is 6.19. The van der Waals surface area contributed by atoms with E-state index >= 15 is 0 Å². The quantitative estimate of drug-likeness (QED) is 0.147. The first-order valence-corrected chi connectivity index (χ1v) is 17.8. The van der Waals surface area contributed by atoms with Crippen molar-refractivity contribution < 1.29 is 30.9 Å². The van der Waals surface area contributed by atoms with Crippen molar-refractivity contribution in [3.63, 3.8) is 0 Å². The Kier molecular flexibility index (Phi) is 10.5. The summed E-state index contributed by atoms with van der Waals surface area (Å²) in [4.78, 5) is 17.0. The third-order valence-electron chi connectivity index (χ3n) is 7.37. The van der Waals surface area contributed by atoms with E-state index in [4.69, 9.17) is 14.3 Å². The van der Waals surface area contributed by atoms with E-state index in [0.717, 1.165) is 44.9 Å². The first kappa shape index (κ1) is 34.8. The Hall–Kier alpha value is -5.51. The predicted octanol–water partition coefficient (Wildman–Crippen LogP) is 5.20. The number of nitrogens with zero attached hydrogens (tertiary/aromatic N) is 3. The zero-order valence-electron chi connectivity index (χ0n) is 26.8. The largest absolute Gasteiger partial charge is 0.497 e. The van der Waals surface area contributed by atoms with Gasteiger partial charge in [0.15, 0.2) is 5.82 Å². The van der Waals surface area contributed by atoms with Gasteiger partial charge in [-0.05, 0) is 80.4 Å². The van der Waals surface area contributed by atoms with Gasteiger partial charge < -0.3 is 10.1 Å². The number of carbonyl (C=O) groups is 1. The molecule has 15 heteroatoms. The molecule has 6 aromatic rings. The van der Waals surface area contributed by atoms with Crippen LogP contribution in [0, 0.1) is 13.8 Å². The molecule has 0 saturated carbocycles. The molecule has 0 aliphatic carbocycles. The number of methoxy groups -OCH3 is 1. The van der Waals surface area contributed by atoms with E-state index in [9.17, 15) is 21.6 Å². The number of aryl methyl sites for hydroxylation is 2. The number of rotatable bonds is 9. The second kappa shape index (κ2) is 14.7. The zero-order valence-corrected chi connectivity index (χ0v) is 28.4. The van der Waals surface area contributed by atoms with Crippen LogP contribution in [-0.4, -0.2) is 60.8 Å². The van der Waals surface area contributed by atoms with Crippen molar-refractivity contribution in [3.8, 4) is 23.0 Å². The van der Waals surface area contributed by atoms with Gasteiger partial charge in [-0.3, -0.25) is 14.2 Å². The molecule has 4 aromatic carbocycles. The number of nitrogens with one attached hydrogen (secondary N) is 3. The molecule has 4 N–H and O–H groups in total. The normalized spacial score (nSPS) is 11.4. The number of aromatic amines is 1. The highest BCUT2D eigenvalue weighted by molar-refractivity contribution is 7.90. The minimum absolute atomic E-state index is 0.0359. The van der Waals surface area contributed by atoms with Gasteiger partial charge in [0.2, 0.25) is 0 Å². The maximum atomic E-state index is 12.4. The summed E-state index contributed by atoms with van der Waals surface area (Å²) in [6.07, 6.45) is 2.20. The molecule has 0 unspecified atom stereocenters. The molecule has 2 heterocycles. The molecule has 6 rings (SSSR count). The van der Waals surface area contributed by atoms with Gasteiger partial charge >= 0.3 is 6.03 Å². The maximum absolute atomic E-state index is 12.4. The lowest BCUT2D eigenvalue weighted by Crippen LogP contribution is -2.40. The second-order valence-electron chi connectivity index (χ2n) is 11.0. The molecule has 13 nitrogen and oxygen atoms in total. The summed E-state index contributed by atoms with van der Waals surface area (Å²) in [7, 11) is -6.33. The summed E-state index contributed by atoms with van der Waals surface area (Å²) < 4.78 is 63.8. The maximum Gasteiger partial charge on any atom is 0.328 e. The van der Waals surface area contributed by atoms with Gasteiger partial charge in [0, 0.05) is 24.5 Å². The van der Waals surface area contributed by atoms with Gasteiger partial charge in [0.25, 0.3) is 20.1 Å². The van der Waals surface area contributed by atoms with Gasteiger partial charge in [-0.15, -0.1) is 0 Å². The number of hydrogen-bond donors (Lipinski definition) is 4. The summed E-state index contributed by atoms with van der Waals surface area (Å²) >= 11 is 0. The Morgan fingerprint density at radius 2 is 1.49 bits per heavy atom. The fourth-order valence-electron chi connectivity index (χ4n) is 4.79. The van der Waals surface area contributed by atoms with Crippen molar-refractivity contribution in [2.24, 2.45) is 0 Å². The topological polar surface area (TPSA) is 185 Å². The number of benzene rings is 4. The molecule has 254 valence electrons. The first-order chi connectivity index (χ1) is 23.3. The van der Waals surface area contributed by atoms with Crippen molar-refractivity contribution in [1.82, 2.24) is 29.8 Å². The van der Waals surface area contributed by atoms with Crippen LogP contribution in [0.4, 0.5) is 4.79 Å². The number of ether oxygens (including phenoxy) is 1. The van der Waals surface area contributed by atoms with Gasteiger partial charge in [-0.25, -0.2) is 22.9 Å². The van der Waals surface area contributed by atoms with E-state index in [1.54, 1.807) is 37.6 Å². The van der Waals surface area contributed by atoms with Crippen LogP contribution in [0.15, 0.2) is 113 Å². The third-order valence-corrected chi connectivity index (χ3v) is 9.59. The number of urea groups is 1. The lowest BCUT2D eigenvalue weighted by molar-refractivity contribution is 0.246. The summed E-state index contributed by atoms with van der Waals surface area (Å²) in [5, 5.41) is 9.65. The molecular formula is C34H34N6O7S2. The highest BCUT2D eigenvalue weighted by Gasteiger charge is 2.18. The number of fused-ring (bicyclic) bond motifs is 1. The van der Waals surface area contributed by atoms with Crippen molar-refractivity contribution in [2.75, 3.05) is 13.7 Å². The monoisotopic (exact) mass is 702 g/mol. The van der Waals surface area contributed by atoms with Crippen LogP contribution >= 0.6 is 0 Å². The molecule has 0 fully saturated rings. The van der Waals surface area contributed by atoms with E-state index in [-0.39, 0.29) is 16.3 Å². The average Bonchev–Trinajstić information content (AvgIpc) is 3.73. The number of aromatic nitrogens is 4. The Morgan fingerprint density at radius 1 is 0.857 bits per heavy atom. The molecule has 0 saturated heterocycles. The molecule has 0 atom stereocenters.